The largest absolute Gasteiger partial charge is 0.382 e. The Balaban J connectivity index is 1.74. The number of aromatic nitrogens is 2. The van der Waals surface area contributed by atoms with Crippen molar-refractivity contribution in [2.45, 2.75) is 12.3 Å². The lowest BCUT2D eigenvalue weighted by atomic mass is 9.99. The first-order chi connectivity index (χ1) is 8.83. The van der Waals surface area contributed by atoms with Crippen LogP contribution >= 0.6 is 0 Å². The third kappa shape index (κ3) is 2.14. The molecule has 1 aliphatic heterocycles. The molecule has 1 fully saturated rings. The molecule has 0 aliphatic carbocycles. The van der Waals surface area contributed by atoms with E-state index in [9.17, 15) is 0 Å². The molecule has 92 valence electrons. The highest BCUT2D eigenvalue weighted by Gasteiger charge is 2.24. The quantitative estimate of drug-likeness (QED) is 0.873. The zero-order chi connectivity index (χ0) is 12.4. The summed E-state index contributed by atoms with van der Waals surface area (Å²) in [6.07, 6.45) is 4.53. The summed E-state index contributed by atoms with van der Waals surface area (Å²) in [6, 6.07) is 10.6. The van der Waals surface area contributed by atoms with Crippen molar-refractivity contribution in [1.82, 2.24) is 9.97 Å². The van der Waals surface area contributed by atoms with Gasteiger partial charge >= 0.3 is 0 Å². The Morgan fingerprint density at radius 2 is 1.94 bits per heavy atom. The maximum absolute atomic E-state index is 5.55. The summed E-state index contributed by atoms with van der Waals surface area (Å²) >= 11 is 0. The number of nitrogen functional groups attached to an aromatic ring is 1. The molecule has 0 amide bonds. The first kappa shape index (κ1) is 11.0. The van der Waals surface area contributed by atoms with Gasteiger partial charge in [-0.2, -0.15) is 0 Å². The molecule has 1 atom stereocenters. The summed E-state index contributed by atoms with van der Waals surface area (Å²) < 4.78 is 0. The van der Waals surface area contributed by atoms with Crippen LogP contribution in [0.1, 0.15) is 17.9 Å². The summed E-state index contributed by atoms with van der Waals surface area (Å²) in [7, 11) is 0. The van der Waals surface area contributed by atoms with Crippen molar-refractivity contribution in [1.29, 1.82) is 0 Å². The van der Waals surface area contributed by atoms with E-state index in [1.54, 1.807) is 12.4 Å². The molecule has 1 saturated heterocycles. The number of nitrogens with two attached hydrogens (primary N) is 1. The molecule has 0 radical (unpaired) electrons. The minimum Gasteiger partial charge on any atom is -0.382 e. The number of hydrogen-bond donors (Lipinski definition) is 1. The van der Waals surface area contributed by atoms with Crippen molar-refractivity contribution >= 4 is 11.6 Å². The van der Waals surface area contributed by atoms with E-state index < -0.39 is 0 Å². The average molecular weight is 240 g/mol. The molecule has 0 saturated carbocycles. The van der Waals surface area contributed by atoms with Crippen LogP contribution in [-0.2, 0) is 0 Å². The second-order valence-electron chi connectivity index (χ2n) is 4.64. The predicted molar refractivity (Wildman–Crippen MR) is 72.5 cm³/mol. The van der Waals surface area contributed by atoms with Gasteiger partial charge in [-0.15, -0.1) is 0 Å². The molecular weight excluding hydrogens is 224 g/mol. The van der Waals surface area contributed by atoms with Gasteiger partial charge in [0.15, 0.2) is 0 Å². The van der Waals surface area contributed by atoms with Gasteiger partial charge in [0.1, 0.15) is 11.6 Å². The van der Waals surface area contributed by atoms with Crippen molar-refractivity contribution in [2.24, 2.45) is 0 Å². The molecule has 2 heterocycles. The Hall–Kier alpha value is -2.10. The smallest absolute Gasteiger partial charge is 0.147 e. The molecule has 1 unspecified atom stereocenters. The summed E-state index contributed by atoms with van der Waals surface area (Å²) in [4.78, 5) is 10.7. The van der Waals surface area contributed by atoms with Crippen LogP contribution in [0.5, 0.6) is 0 Å². The van der Waals surface area contributed by atoms with E-state index in [1.807, 2.05) is 0 Å². The van der Waals surface area contributed by atoms with Crippen LogP contribution in [0.25, 0.3) is 0 Å². The Kier molecular flexibility index (Phi) is 2.84. The van der Waals surface area contributed by atoms with Gasteiger partial charge in [0.2, 0.25) is 0 Å². The van der Waals surface area contributed by atoms with Gasteiger partial charge in [-0.3, -0.25) is 0 Å². The van der Waals surface area contributed by atoms with Gasteiger partial charge in [-0.1, -0.05) is 30.3 Å². The third-order valence-corrected chi connectivity index (χ3v) is 3.44. The highest BCUT2D eigenvalue weighted by Crippen LogP contribution is 2.29. The fourth-order valence-corrected chi connectivity index (χ4v) is 2.46. The summed E-state index contributed by atoms with van der Waals surface area (Å²) in [5.41, 5.74) is 6.96. The fourth-order valence-electron chi connectivity index (χ4n) is 2.46. The number of rotatable bonds is 2. The highest BCUT2D eigenvalue weighted by molar-refractivity contribution is 5.42. The van der Waals surface area contributed by atoms with Crippen LogP contribution in [0.2, 0.25) is 0 Å². The lowest BCUT2D eigenvalue weighted by molar-refractivity contribution is 0.774. The highest BCUT2D eigenvalue weighted by atomic mass is 15.2. The molecule has 4 nitrogen and oxygen atoms in total. The molecule has 1 aromatic carbocycles. The zero-order valence-electron chi connectivity index (χ0n) is 10.2. The zero-order valence-corrected chi connectivity index (χ0v) is 10.2. The van der Waals surface area contributed by atoms with Crippen LogP contribution in [0.4, 0.5) is 11.6 Å². The van der Waals surface area contributed by atoms with E-state index in [4.69, 9.17) is 5.73 Å². The Morgan fingerprint density at radius 1 is 1.11 bits per heavy atom. The maximum atomic E-state index is 5.55. The van der Waals surface area contributed by atoms with Crippen LogP contribution in [0.15, 0.2) is 42.7 Å². The second kappa shape index (κ2) is 4.64. The van der Waals surface area contributed by atoms with Crippen molar-refractivity contribution in [3.05, 3.63) is 48.3 Å². The van der Waals surface area contributed by atoms with Gasteiger partial charge in [-0.05, 0) is 12.0 Å². The van der Waals surface area contributed by atoms with Crippen LogP contribution in [0.3, 0.4) is 0 Å². The van der Waals surface area contributed by atoms with Gasteiger partial charge in [0.05, 0.1) is 12.4 Å². The van der Waals surface area contributed by atoms with Crippen molar-refractivity contribution < 1.29 is 0 Å². The maximum Gasteiger partial charge on any atom is 0.147 e. The molecule has 2 N–H and O–H groups in total. The van der Waals surface area contributed by atoms with E-state index >= 15 is 0 Å². The molecule has 2 aromatic rings. The summed E-state index contributed by atoms with van der Waals surface area (Å²) in [5.74, 6) is 1.98. The molecule has 3 rings (SSSR count). The monoisotopic (exact) mass is 240 g/mol. The number of nitrogens with zero attached hydrogens (tertiary/aromatic N) is 3. The first-order valence-electron chi connectivity index (χ1n) is 6.20. The van der Waals surface area contributed by atoms with Gasteiger partial charge < -0.3 is 10.6 Å². The Labute approximate surface area is 106 Å². The molecule has 4 heteroatoms. The van der Waals surface area contributed by atoms with Crippen LogP contribution in [-0.4, -0.2) is 23.1 Å². The van der Waals surface area contributed by atoms with Gasteiger partial charge in [0, 0.05) is 19.0 Å². The third-order valence-electron chi connectivity index (χ3n) is 3.44. The first-order valence-corrected chi connectivity index (χ1v) is 6.20. The number of benzene rings is 1. The molecule has 0 spiro atoms. The predicted octanol–water partition coefficient (Wildman–Crippen LogP) is 2.05. The van der Waals surface area contributed by atoms with E-state index in [-0.39, 0.29) is 0 Å². The molecular formula is C14H16N4. The standard InChI is InChI=1S/C14H16N4/c15-13-8-17-14(9-16-13)18-7-6-12(10-18)11-4-2-1-3-5-11/h1-5,8-9,12H,6-7,10H2,(H2,15,16). The number of hydrogen-bond acceptors (Lipinski definition) is 4. The van der Waals surface area contributed by atoms with E-state index in [2.05, 4.69) is 45.2 Å². The van der Waals surface area contributed by atoms with Crippen molar-refractivity contribution in [3.63, 3.8) is 0 Å². The van der Waals surface area contributed by atoms with Crippen LogP contribution in [0, 0.1) is 0 Å². The van der Waals surface area contributed by atoms with E-state index in [1.165, 1.54) is 5.56 Å². The SMILES string of the molecule is Nc1cnc(N2CCC(c3ccccc3)C2)cn1. The summed E-state index contributed by atoms with van der Waals surface area (Å²) in [5, 5.41) is 0. The molecule has 1 aromatic heterocycles. The molecule has 0 bridgehead atoms. The lowest BCUT2D eigenvalue weighted by Gasteiger charge is -2.17. The van der Waals surface area contributed by atoms with E-state index in [0.717, 1.165) is 25.3 Å². The van der Waals surface area contributed by atoms with E-state index in [0.29, 0.717) is 11.7 Å². The minimum absolute atomic E-state index is 0.470. The lowest BCUT2D eigenvalue weighted by Crippen LogP contribution is -2.20. The normalized spacial score (nSPS) is 19.1. The Morgan fingerprint density at radius 3 is 2.67 bits per heavy atom. The van der Waals surface area contributed by atoms with Gasteiger partial charge in [-0.25, -0.2) is 9.97 Å². The fraction of sp³-hybridized carbons (Fsp3) is 0.286. The average Bonchev–Trinajstić information content (AvgIpc) is 2.90. The van der Waals surface area contributed by atoms with Crippen LogP contribution < -0.4 is 10.6 Å². The molecule has 18 heavy (non-hydrogen) atoms. The van der Waals surface area contributed by atoms with Gasteiger partial charge in [0.25, 0.3) is 0 Å². The minimum atomic E-state index is 0.470. The van der Waals surface area contributed by atoms with Crippen molar-refractivity contribution in [2.75, 3.05) is 23.7 Å². The summed E-state index contributed by atoms with van der Waals surface area (Å²) in [6.45, 7) is 2.03. The number of anilines is 2. The van der Waals surface area contributed by atoms with Crippen molar-refractivity contribution in [3.8, 4) is 0 Å². The second-order valence-corrected chi connectivity index (χ2v) is 4.64. The topological polar surface area (TPSA) is 55.0 Å². The molecule has 1 aliphatic rings. The Bertz CT molecular complexity index is 509.